The lowest BCUT2D eigenvalue weighted by Crippen LogP contribution is -2.21. The molecule has 3 aromatic heterocycles. The maximum atomic E-state index is 12.3. The highest BCUT2D eigenvalue weighted by Crippen LogP contribution is 2.25. The third kappa shape index (κ3) is 2.84. The topological polar surface area (TPSA) is 62.1 Å². The number of rotatable bonds is 4. The molecule has 122 valence electrons. The smallest absolute Gasteiger partial charge is 0.294 e. The minimum atomic E-state index is -0.251. The summed E-state index contributed by atoms with van der Waals surface area (Å²) < 4.78 is 6.38. The summed E-state index contributed by atoms with van der Waals surface area (Å²) in [5.74, 6) is 0.615. The molecule has 3 heterocycles. The molecule has 5 nitrogen and oxygen atoms in total. The van der Waals surface area contributed by atoms with Crippen molar-refractivity contribution in [2.24, 2.45) is 0 Å². The molecule has 7 heteroatoms. The van der Waals surface area contributed by atoms with Gasteiger partial charge in [0.15, 0.2) is 0 Å². The van der Waals surface area contributed by atoms with E-state index in [4.69, 9.17) is 16.0 Å². The summed E-state index contributed by atoms with van der Waals surface area (Å²) in [7, 11) is 1.98. The number of thiophene rings is 1. The van der Waals surface area contributed by atoms with Gasteiger partial charge in [-0.1, -0.05) is 23.7 Å². The summed E-state index contributed by atoms with van der Waals surface area (Å²) in [5, 5.41) is 0.854. The van der Waals surface area contributed by atoms with E-state index in [0.29, 0.717) is 23.5 Å². The van der Waals surface area contributed by atoms with Crippen LogP contribution in [-0.4, -0.2) is 21.9 Å². The average molecular weight is 360 g/mol. The number of para-hydroxylation sites is 1. The summed E-state index contributed by atoms with van der Waals surface area (Å²) in [6.07, 6.45) is 0. The van der Waals surface area contributed by atoms with Crippen molar-refractivity contribution in [1.29, 1.82) is 0 Å². The highest BCUT2D eigenvalue weighted by atomic mass is 35.5. The van der Waals surface area contributed by atoms with E-state index in [0.717, 1.165) is 16.3 Å². The van der Waals surface area contributed by atoms with Gasteiger partial charge in [0, 0.05) is 16.8 Å². The first-order valence-corrected chi connectivity index (χ1v) is 8.63. The second-order valence-corrected chi connectivity index (χ2v) is 7.47. The van der Waals surface area contributed by atoms with Crippen LogP contribution in [0.15, 0.2) is 45.6 Å². The number of hydrogen-bond donors (Lipinski definition) is 1. The maximum absolute atomic E-state index is 12.3. The first-order chi connectivity index (χ1) is 11.6. The Hall–Kier alpha value is -2.15. The van der Waals surface area contributed by atoms with Crippen molar-refractivity contribution < 1.29 is 4.42 Å². The molecular weight excluding hydrogens is 346 g/mol. The van der Waals surface area contributed by atoms with E-state index in [1.165, 1.54) is 4.88 Å². The number of aromatic nitrogens is 2. The lowest BCUT2D eigenvalue weighted by Gasteiger charge is -2.14. The standard InChI is InChI=1S/C17H14ClN3O2S/c1-21(8-10-6-7-13(18)24-10)9-14-19-15-11-4-2-3-5-12(11)23-16(15)17(22)20-14/h2-7H,8-9H2,1H3,(H,19,20,22). The van der Waals surface area contributed by atoms with E-state index < -0.39 is 0 Å². The predicted molar refractivity (Wildman–Crippen MR) is 96.6 cm³/mol. The Bertz CT molecular complexity index is 1080. The minimum Gasteiger partial charge on any atom is -0.449 e. The van der Waals surface area contributed by atoms with Gasteiger partial charge in [-0.2, -0.15) is 0 Å². The molecule has 24 heavy (non-hydrogen) atoms. The van der Waals surface area contributed by atoms with Crippen molar-refractivity contribution in [2.75, 3.05) is 7.05 Å². The van der Waals surface area contributed by atoms with Crippen molar-refractivity contribution in [2.45, 2.75) is 13.1 Å². The molecule has 0 fully saturated rings. The van der Waals surface area contributed by atoms with Gasteiger partial charge >= 0.3 is 0 Å². The highest BCUT2D eigenvalue weighted by Gasteiger charge is 2.14. The van der Waals surface area contributed by atoms with Gasteiger partial charge in [0.05, 0.1) is 10.9 Å². The number of benzene rings is 1. The summed E-state index contributed by atoms with van der Waals surface area (Å²) in [6, 6.07) is 11.4. The van der Waals surface area contributed by atoms with Gasteiger partial charge in [-0.05, 0) is 31.3 Å². The summed E-state index contributed by atoms with van der Waals surface area (Å²) in [6.45, 7) is 1.27. The number of nitrogens with one attached hydrogen (secondary N) is 1. The van der Waals surface area contributed by atoms with E-state index in [9.17, 15) is 4.79 Å². The fraction of sp³-hybridized carbons (Fsp3) is 0.176. The quantitative estimate of drug-likeness (QED) is 0.598. The molecular formula is C17H14ClN3O2S. The Morgan fingerprint density at radius 2 is 2.08 bits per heavy atom. The van der Waals surface area contributed by atoms with Gasteiger partial charge in [-0.3, -0.25) is 9.69 Å². The lowest BCUT2D eigenvalue weighted by atomic mass is 10.2. The molecule has 0 saturated carbocycles. The Morgan fingerprint density at radius 3 is 2.88 bits per heavy atom. The second-order valence-electron chi connectivity index (χ2n) is 5.67. The lowest BCUT2D eigenvalue weighted by molar-refractivity contribution is 0.313. The van der Waals surface area contributed by atoms with Gasteiger partial charge in [0.25, 0.3) is 5.56 Å². The molecule has 0 bridgehead atoms. The minimum absolute atomic E-state index is 0.251. The van der Waals surface area contributed by atoms with Gasteiger partial charge in [0.2, 0.25) is 5.58 Å². The number of fused-ring (bicyclic) bond motifs is 3. The molecule has 0 atom stereocenters. The molecule has 4 rings (SSSR count). The number of furan rings is 1. The van der Waals surface area contributed by atoms with Gasteiger partial charge in [-0.15, -0.1) is 11.3 Å². The zero-order chi connectivity index (χ0) is 16.7. The predicted octanol–water partition coefficient (Wildman–Crippen LogP) is 4.02. The van der Waals surface area contributed by atoms with Crippen LogP contribution in [0, 0.1) is 0 Å². The fourth-order valence-electron chi connectivity index (χ4n) is 2.74. The van der Waals surface area contributed by atoms with Crippen LogP contribution in [0.4, 0.5) is 0 Å². The molecule has 0 aliphatic rings. The highest BCUT2D eigenvalue weighted by molar-refractivity contribution is 7.16. The maximum Gasteiger partial charge on any atom is 0.294 e. The summed E-state index contributed by atoms with van der Waals surface area (Å²) in [4.78, 5) is 22.9. The summed E-state index contributed by atoms with van der Waals surface area (Å²) in [5.41, 5.74) is 1.30. The van der Waals surface area contributed by atoms with Crippen molar-refractivity contribution in [3.05, 3.63) is 61.8 Å². The number of nitrogens with zero attached hydrogens (tertiary/aromatic N) is 2. The third-order valence-electron chi connectivity index (χ3n) is 3.75. The summed E-state index contributed by atoms with van der Waals surface area (Å²) >= 11 is 7.51. The van der Waals surface area contributed by atoms with E-state index in [1.807, 2.05) is 43.4 Å². The zero-order valence-electron chi connectivity index (χ0n) is 12.9. The first kappa shape index (κ1) is 15.4. The zero-order valence-corrected chi connectivity index (χ0v) is 14.4. The van der Waals surface area contributed by atoms with Gasteiger partial charge in [0.1, 0.15) is 16.9 Å². The molecule has 0 amide bonds. The van der Waals surface area contributed by atoms with E-state index in [2.05, 4.69) is 14.9 Å². The number of aromatic amines is 1. The number of hydrogen-bond acceptors (Lipinski definition) is 5. The Morgan fingerprint density at radius 1 is 1.25 bits per heavy atom. The SMILES string of the molecule is CN(Cc1nc2c(oc3ccccc32)c(=O)[nH]1)Cc1ccc(Cl)s1. The molecule has 0 unspecified atom stereocenters. The van der Waals surface area contributed by atoms with Crippen molar-refractivity contribution in [1.82, 2.24) is 14.9 Å². The van der Waals surface area contributed by atoms with Crippen molar-refractivity contribution in [3.8, 4) is 0 Å². The molecule has 0 radical (unpaired) electrons. The monoisotopic (exact) mass is 359 g/mol. The van der Waals surface area contributed by atoms with E-state index in [-0.39, 0.29) is 11.1 Å². The number of halogens is 1. The fourth-order valence-corrected chi connectivity index (χ4v) is 3.90. The Kier molecular flexibility index (Phi) is 3.88. The van der Waals surface area contributed by atoms with Crippen molar-refractivity contribution in [3.63, 3.8) is 0 Å². The molecule has 4 aromatic rings. The molecule has 1 N–H and O–H groups in total. The van der Waals surface area contributed by atoms with Gasteiger partial charge < -0.3 is 9.40 Å². The third-order valence-corrected chi connectivity index (χ3v) is 4.97. The van der Waals surface area contributed by atoms with Crippen LogP contribution >= 0.6 is 22.9 Å². The van der Waals surface area contributed by atoms with Crippen LogP contribution in [0.5, 0.6) is 0 Å². The Labute approximate surface area is 146 Å². The van der Waals surface area contributed by atoms with Crippen LogP contribution in [0.25, 0.3) is 22.1 Å². The van der Waals surface area contributed by atoms with E-state index in [1.54, 1.807) is 11.3 Å². The molecule has 1 aromatic carbocycles. The Balaban J connectivity index is 1.66. The normalized spacial score (nSPS) is 11.8. The molecule has 0 aliphatic carbocycles. The van der Waals surface area contributed by atoms with Crippen LogP contribution in [0.1, 0.15) is 10.7 Å². The van der Waals surface area contributed by atoms with Crippen LogP contribution in [0.2, 0.25) is 4.34 Å². The second kappa shape index (κ2) is 6.05. The first-order valence-electron chi connectivity index (χ1n) is 7.43. The van der Waals surface area contributed by atoms with Crippen LogP contribution < -0.4 is 5.56 Å². The van der Waals surface area contributed by atoms with Gasteiger partial charge in [-0.25, -0.2) is 4.98 Å². The van der Waals surface area contributed by atoms with Crippen LogP contribution in [-0.2, 0) is 13.1 Å². The van der Waals surface area contributed by atoms with E-state index >= 15 is 0 Å². The molecule has 0 spiro atoms. The van der Waals surface area contributed by atoms with Crippen molar-refractivity contribution >= 4 is 45.0 Å². The largest absolute Gasteiger partial charge is 0.449 e. The average Bonchev–Trinajstić information content (AvgIpc) is 3.11. The number of H-pyrrole nitrogens is 1. The molecule has 0 saturated heterocycles. The molecule has 0 aliphatic heterocycles. The van der Waals surface area contributed by atoms with Crippen LogP contribution in [0.3, 0.4) is 0 Å².